The van der Waals surface area contributed by atoms with E-state index in [4.69, 9.17) is 10.1 Å². The summed E-state index contributed by atoms with van der Waals surface area (Å²) in [7, 11) is 1.01. The van der Waals surface area contributed by atoms with Crippen molar-refractivity contribution in [2.45, 2.75) is 14.2 Å². The molecule has 1 aromatic carbocycles. The topological polar surface area (TPSA) is 67.2 Å². The number of rotatable bonds is 7. The van der Waals surface area contributed by atoms with Crippen LogP contribution >= 0.6 is 23.1 Å². The van der Waals surface area contributed by atoms with E-state index in [1.165, 1.54) is 25.4 Å². The van der Waals surface area contributed by atoms with Crippen molar-refractivity contribution in [3.8, 4) is 5.75 Å². The van der Waals surface area contributed by atoms with Gasteiger partial charge in [-0.1, -0.05) is 12.1 Å². The van der Waals surface area contributed by atoms with Crippen molar-refractivity contribution in [1.29, 1.82) is 5.41 Å². The second kappa shape index (κ2) is 7.04. The van der Waals surface area contributed by atoms with Crippen LogP contribution < -0.4 is 4.74 Å². The fraction of sp³-hybridized carbons (Fsp3) is 0.267. The number of thioether (sulfide) groups is 1. The Morgan fingerprint density at radius 1 is 1.22 bits per heavy atom. The molecule has 0 aliphatic heterocycles. The number of sulfonamides is 1. The van der Waals surface area contributed by atoms with Crippen molar-refractivity contribution >= 4 is 39.5 Å². The zero-order valence-electron chi connectivity index (χ0n) is 13.1. The predicted octanol–water partition coefficient (Wildman–Crippen LogP) is 3.42. The molecule has 2 aromatic rings. The number of nitrogens with zero attached hydrogens (tertiary/aromatic N) is 1. The van der Waals surface area contributed by atoms with Crippen LogP contribution in [-0.4, -0.2) is 39.8 Å². The lowest BCUT2D eigenvalue weighted by Crippen LogP contribution is -2.43. The van der Waals surface area contributed by atoms with E-state index in [0.717, 1.165) is 27.6 Å². The van der Waals surface area contributed by atoms with Gasteiger partial charge >= 0.3 is 10.0 Å². The monoisotopic (exact) mass is 371 g/mol. The molecular weight excluding hydrogens is 352 g/mol. The van der Waals surface area contributed by atoms with E-state index in [1.54, 1.807) is 24.9 Å². The number of nitrogens with one attached hydrogen (secondary N) is 1. The molecule has 1 aromatic heterocycles. The molecule has 1 N–H and O–H groups in total. The zero-order valence-corrected chi connectivity index (χ0v) is 15.6. The van der Waals surface area contributed by atoms with Crippen LogP contribution in [0.5, 0.6) is 5.75 Å². The van der Waals surface area contributed by atoms with Gasteiger partial charge in [0.25, 0.3) is 0 Å². The van der Waals surface area contributed by atoms with E-state index in [-0.39, 0.29) is 4.21 Å². The summed E-state index contributed by atoms with van der Waals surface area (Å²) in [5, 5.41) is 7.30. The van der Waals surface area contributed by atoms with E-state index in [9.17, 15) is 8.42 Å². The van der Waals surface area contributed by atoms with Crippen molar-refractivity contribution in [1.82, 2.24) is 0 Å². The van der Waals surface area contributed by atoms with Gasteiger partial charge in [0.05, 0.1) is 25.4 Å². The molecule has 0 unspecified atom stereocenters. The molecular formula is C15H19N2O3S3+. The molecule has 8 heteroatoms. The quantitative estimate of drug-likeness (QED) is 0.350. The molecule has 0 bridgehead atoms. The maximum atomic E-state index is 12.5. The minimum Gasteiger partial charge on any atom is -0.497 e. The first-order chi connectivity index (χ1) is 10.8. The van der Waals surface area contributed by atoms with Gasteiger partial charge in [-0.2, -0.15) is 12.3 Å². The maximum absolute atomic E-state index is 12.5. The number of ether oxygens (including phenoxy) is 1. The van der Waals surface area contributed by atoms with Gasteiger partial charge in [0.2, 0.25) is 0 Å². The molecule has 0 aliphatic carbocycles. The third kappa shape index (κ3) is 3.95. The van der Waals surface area contributed by atoms with Crippen LogP contribution in [0.2, 0.25) is 0 Å². The number of quaternary nitrogens is 1. The number of thiophene rings is 1. The summed E-state index contributed by atoms with van der Waals surface area (Å²) in [4.78, 5) is 0. The van der Waals surface area contributed by atoms with Crippen molar-refractivity contribution in [2.24, 2.45) is 0 Å². The lowest BCUT2D eigenvalue weighted by Gasteiger charge is -2.20. The van der Waals surface area contributed by atoms with Crippen LogP contribution in [0, 0.1) is 5.41 Å². The number of benzene rings is 1. The van der Waals surface area contributed by atoms with Gasteiger partial charge in [-0.15, -0.1) is 23.1 Å². The van der Waals surface area contributed by atoms with Crippen LogP contribution in [0.15, 0.2) is 44.8 Å². The molecule has 2 rings (SSSR count). The molecule has 0 fully saturated rings. The Morgan fingerprint density at radius 2 is 1.87 bits per heavy atom. The van der Waals surface area contributed by atoms with Crippen LogP contribution in [0.1, 0.15) is 5.56 Å². The Morgan fingerprint density at radius 3 is 2.43 bits per heavy atom. The van der Waals surface area contributed by atoms with E-state index in [1.807, 2.05) is 30.3 Å². The minimum atomic E-state index is -3.58. The second-order valence-corrected chi connectivity index (χ2v) is 10.2. The highest BCUT2D eigenvalue weighted by atomic mass is 32.3. The average Bonchev–Trinajstić information content (AvgIpc) is 3.03. The first-order valence-corrected chi connectivity index (χ1v) is 10.0. The van der Waals surface area contributed by atoms with Gasteiger partial charge in [-0.05, 0) is 29.8 Å². The number of hydrogen-bond acceptors (Lipinski definition) is 6. The Bertz CT molecular complexity index is 781. The van der Waals surface area contributed by atoms with Crippen LogP contribution in [0.4, 0.5) is 0 Å². The fourth-order valence-corrected chi connectivity index (χ4v) is 5.78. The first kappa shape index (κ1) is 18.0. The molecule has 0 aliphatic rings. The van der Waals surface area contributed by atoms with Gasteiger partial charge < -0.3 is 4.74 Å². The van der Waals surface area contributed by atoms with Crippen molar-refractivity contribution in [2.75, 3.05) is 21.2 Å². The lowest BCUT2D eigenvalue weighted by atomic mass is 10.2. The first-order valence-electron chi connectivity index (χ1n) is 6.76. The van der Waals surface area contributed by atoms with Crippen molar-refractivity contribution in [3.05, 3.63) is 42.0 Å². The van der Waals surface area contributed by atoms with Gasteiger partial charge in [-0.3, -0.25) is 5.41 Å². The third-order valence-electron chi connectivity index (χ3n) is 3.28. The second-order valence-electron chi connectivity index (χ2n) is 5.25. The van der Waals surface area contributed by atoms with Crippen LogP contribution in [0.25, 0.3) is 0 Å². The smallest absolute Gasteiger partial charge is 0.341 e. The molecule has 0 atom stereocenters. The lowest BCUT2D eigenvalue weighted by molar-refractivity contribution is -0.653. The molecule has 5 nitrogen and oxygen atoms in total. The molecule has 23 heavy (non-hydrogen) atoms. The predicted molar refractivity (Wildman–Crippen MR) is 95.0 cm³/mol. The molecule has 124 valence electrons. The summed E-state index contributed by atoms with van der Waals surface area (Å²) in [6.07, 6.45) is 0.916. The van der Waals surface area contributed by atoms with E-state index >= 15 is 0 Å². The molecule has 0 saturated heterocycles. The maximum Gasteiger partial charge on any atom is 0.341 e. The largest absolute Gasteiger partial charge is 0.497 e. The van der Waals surface area contributed by atoms with E-state index < -0.39 is 13.9 Å². The Labute approximate surface area is 145 Å². The SMILES string of the molecule is COc1ccc(CSc2ccc(S(=O)(=O)[N+](C)(C)C=N)s2)cc1. The van der Waals surface area contributed by atoms with Gasteiger partial charge in [0.15, 0.2) is 10.5 Å². The molecule has 0 saturated carbocycles. The summed E-state index contributed by atoms with van der Waals surface area (Å²) >= 11 is 2.83. The van der Waals surface area contributed by atoms with Gasteiger partial charge in [0.1, 0.15) is 5.75 Å². The molecule has 0 amide bonds. The highest BCUT2D eigenvalue weighted by molar-refractivity contribution is 8.00. The Kier molecular flexibility index (Phi) is 5.51. The van der Waals surface area contributed by atoms with E-state index in [0.29, 0.717) is 0 Å². The average molecular weight is 372 g/mol. The third-order valence-corrected chi connectivity index (χ3v) is 8.33. The summed E-state index contributed by atoms with van der Waals surface area (Å²) in [5.41, 5.74) is 1.14. The molecule has 1 heterocycles. The fourth-order valence-electron chi connectivity index (χ4n) is 1.70. The standard InChI is InChI=1S/C15H19N2O3S3/c1-17(2,11-16)23(18,19)15-9-8-14(22-15)21-10-12-4-6-13(20-3)7-5-12/h4-9,11,16H,10H2,1-3H3/q+1. The Balaban J connectivity index is 2.09. The van der Waals surface area contributed by atoms with Gasteiger partial charge in [-0.25, -0.2) is 0 Å². The summed E-state index contributed by atoms with van der Waals surface area (Å²) in [6.45, 7) is 0. The number of methoxy groups -OCH3 is 1. The van der Waals surface area contributed by atoms with Crippen molar-refractivity contribution in [3.63, 3.8) is 0 Å². The minimum absolute atomic E-state index is 0.281. The zero-order chi connectivity index (χ0) is 17.1. The van der Waals surface area contributed by atoms with Crippen LogP contribution in [0.3, 0.4) is 0 Å². The summed E-state index contributed by atoms with van der Waals surface area (Å²) in [5.74, 6) is 1.57. The Hall–Kier alpha value is -1.35. The van der Waals surface area contributed by atoms with E-state index in [2.05, 4.69) is 0 Å². The van der Waals surface area contributed by atoms with Crippen LogP contribution in [-0.2, 0) is 15.8 Å². The number of hydrogen-bond donors (Lipinski definition) is 1. The van der Waals surface area contributed by atoms with Gasteiger partial charge in [0, 0.05) is 5.75 Å². The summed E-state index contributed by atoms with van der Waals surface area (Å²) in [6, 6.07) is 11.2. The highest BCUT2D eigenvalue weighted by Crippen LogP contribution is 2.34. The highest BCUT2D eigenvalue weighted by Gasteiger charge is 2.34. The van der Waals surface area contributed by atoms with Crippen molar-refractivity contribution < 1.29 is 17.0 Å². The normalized spacial score (nSPS) is 12.1. The summed E-state index contributed by atoms with van der Waals surface area (Å²) < 4.78 is 30.8. The molecule has 0 spiro atoms. The molecule has 0 radical (unpaired) electrons.